The fourth-order valence-electron chi connectivity index (χ4n) is 3.17. The monoisotopic (exact) mass is 180 g/mol. The number of fused-ring (bicyclic) bond motifs is 2. The van der Waals surface area contributed by atoms with Gasteiger partial charge < -0.3 is 5.11 Å². The number of aliphatic hydroxyl groups is 1. The Labute approximate surface area is 80.8 Å². The van der Waals surface area contributed by atoms with Gasteiger partial charge >= 0.3 is 0 Å². The maximum atomic E-state index is 9.70. The van der Waals surface area contributed by atoms with Crippen molar-refractivity contribution in [1.29, 1.82) is 0 Å². The van der Waals surface area contributed by atoms with Gasteiger partial charge in [0.25, 0.3) is 0 Å². The second-order valence-electron chi connectivity index (χ2n) is 5.50. The van der Waals surface area contributed by atoms with Crippen LogP contribution in [-0.4, -0.2) is 11.2 Å². The minimum Gasteiger partial charge on any atom is -0.393 e. The molecule has 0 aromatic carbocycles. The third kappa shape index (κ3) is 1.43. The molecule has 1 N–H and O–H groups in total. The third-order valence-electron chi connectivity index (χ3n) is 4.29. The molecule has 2 saturated carbocycles. The number of aliphatic hydroxyl groups excluding tert-OH is 1. The van der Waals surface area contributed by atoms with Crippen LogP contribution in [0.1, 0.15) is 39.5 Å². The van der Waals surface area contributed by atoms with Crippen molar-refractivity contribution in [2.24, 2.45) is 17.3 Å². The van der Waals surface area contributed by atoms with Crippen molar-refractivity contribution in [2.75, 3.05) is 0 Å². The Kier molecular flexibility index (Phi) is 2.03. The predicted molar refractivity (Wildman–Crippen MR) is 54.4 cm³/mol. The average molecular weight is 180 g/mol. The van der Waals surface area contributed by atoms with E-state index in [4.69, 9.17) is 0 Å². The van der Waals surface area contributed by atoms with E-state index >= 15 is 0 Å². The molecule has 2 bridgehead atoms. The molecule has 1 heteroatoms. The molecule has 2 unspecified atom stereocenters. The maximum Gasteiger partial charge on any atom is 0.0546 e. The zero-order chi connectivity index (χ0) is 9.64. The second-order valence-corrected chi connectivity index (χ2v) is 5.50. The van der Waals surface area contributed by atoms with Crippen LogP contribution in [0.5, 0.6) is 0 Å². The molecule has 2 aliphatic rings. The van der Waals surface area contributed by atoms with Gasteiger partial charge in [-0.05, 0) is 42.9 Å². The zero-order valence-corrected chi connectivity index (χ0v) is 8.71. The summed E-state index contributed by atoms with van der Waals surface area (Å²) in [6, 6.07) is 0. The van der Waals surface area contributed by atoms with Gasteiger partial charge in [-0.2, -0.15) is 0 Å². The molecule has 74 valence electrons. The first-order chi connectivity index (χ1) is 6.00. The molecule has 2 fully saturated rings. The highest BCUT2D eigenvalue weighted by molar-refractivity contribution is 5.10. The minimum absolute atomic E-state index is 0.0453. The van der Waals surface area contributed by atoms with E-state index in [-0.39, 0.29) is 6.10 Å². The number of rotatable bonds is 0. The van der Waals surface area contributed by atoms with Crippen LogP contribution in [0, 0.1) is 17.3 Å². The Morgan fingerprint density at radius 3 is 2.15 bits per heavy atom. The van der Waals surface area contributed by atoms with Crippen LogP contribution in [0.3, 0.4) is 0 Å². The van der Waals surface area contributed by atoms with Crippen molar-refractivity contribution < 1.29 is 5.11 Å². The summed E-state index contributed by atoms with van der Waals surface area (Å²) in [7, 11) is 0. The molecule has 1 nitrogen and oxygen atoms in total. The molecule has 13 heavy (non-hydrogen) atoms. The van der Waals surface area contributed by atoms with E-state index in [9.17, 15) is 5.11 Å². The molecular formula is C12H20O. The zero-order valence-electron chi connectivity index (χ0n) is 8.71. The molecular weight excluding hydrogens is 160 g/mol. The first kappa shape index (κ1) is 9.26. The van der Waals surface area contributed by atoms with Gasteiger partial charge in [0.05, 0.1) is 6.10 Å². The topological polar surface area (TPSA) is 20.2 Å². The van der Waals surface area contributed by atoms with Crippen LogP contribution in [0.25, 0.3) is 0 Å². The van der Waals surface area contributed by atoms with Gasteiger partial charge in [-0.3, -0.25) is 0 Å². The highest BCUT2D eigenvalue weighted by atomic mass is 16.3. The number of hydrogen-bond donors (Lipinski definition) is 1. The van der Waals surface area contributed by atoms with E-state index in [0.29, 0.717) is 17.3 Å². The summed E-state index contributed by atoms with van der Waals surface area (Å²) in [4.78, 5) is 0. The highest BCUT2D eigenvalue weighted by Crippen LogP contribution is 2.53. The molecule has 0 aromatic rings. The van der Waals surface area contributed by atoms with Crippen molar-refractivity contribution in [3.05, 3.63) is 12.2 Å². The normalized spacial score (nSPS) is 43.3. The van der Waals surface area contributed by atoms with Crippen molar-refractivity contribution in [3.63, 3.8) is 0 Å². The van der Waals surface area contributed by atoms with Crippen LogP contribution >= 0.6 is 0 Å². The Bertz CT molecular complexity index is 209. The van der Waals surface area contributed by atoms with E-state index in [1.165, 1.54) is 5.57 Å². The van der Waals surface area contributed by atoms with Crippen LogP contribution in [0.2, 0.25) is 0 Å². The lowest BCUT2D eigenvalue weighted by atomic mass is 9.55. The smallest absolute Gasteiger partial charge is 0.0546 e. The largest absolute Gasteiger partial charge is 0.393 e. The molecule has 0 heterocycles. The van der Waals surface area contributed by atoms with Gasteiger partial charge in [-0.25, -0.2) is 0 Å². The van der Waals surface area contributed by atoms with Crippen molar-refractivity contribution in [2.45, 2.75) is 45.6 Å². The second kappa shape index (κ2) is 2.84. The Hall–Kier alpha value is -0.300. The summed E-state index contributed by atoms with van der Waals surface area (Å²) in [5.41, 5.74) is 1.83. The summed E-state index contributed by atoms with van der Waals surface area (Å²) in [6.45, 7) is 8.83. The van der Waals surface area contributed by atoms with Gasteiger partial charge in [-0.1, -0.05) is 26.0 Å². The van der Waals surface area contributed by atoms with Crippen molar-refractivity contribution in [3.8, 4) is 0 Å². The maximum absolute atomic E-state index is 9.70. The molecule has 0 amide bonds. The average Bonchev–Trinajstić information content (AvgIpc) is 1.95. The summed E-state index contributed by atoms with van der Waals surface area (Å²) >= 11 is 0. The van der Waals surface area contributed by atoms with Crippen molar-refractivity contribution in [1.82, 2.24) is 0 Å². The summed E-state index contributed by atoms with van der Waals surface area (Å²) in [5.74, 6) is 1.34. The Balaban J connectivity index is 2.23. The van der Waals surface area contributed by atoms with E-state index in [1.54, 1.807) is 0 Å². The fourth-order valence-corrected chi connectivity index (χ4v) is 3.17. The molecule has 2 aliphatic carbocycles. The standard InChI is InChI=1S/C12H20O/c1-8-4-9-6-11(13)7-10(5-8)12(9,2)3/h9-11,13H,1,4-7H2,2-3H3. The summed E-state index contributed by atoms with van der Waals surface area (Å²) in [5, 5.41) is 9.70. The summed E-state index contributed by atoms with van der Waals surface area (Å²) < 4.78 is 0. The van der Waals surface area contributed by atoms with Crippen LogP contribution in [0.15, 0.2) is 12.2 Å². The van der Waals surface area contributed by atoms with E-state index in [0.717, 1.165) is 25.7 Å². The van der Waals surface area contributed by atoms with Gasteiger partial charge in [0, 0.05) is 0 Å². The fraction of sp³-hybridized carbons (Fsp3) is 0.833. The van der Waals surface area contributed by atoms with Crippen LogP contribution in [-0.2, 0) is 0 Å². The lowest BCUT2D eigenvalue weighted by Gasteiger charge is -2.51. The van der Waals surface area contributed by atoms with Gasteiger partial charge in [-0.15, -0.1) is 0 Å². The minimum atomic E-state index is -0.0453. The molecule has 2 rings (SSSR count). The van der Waals surface area contributed by atoms with Crippen LogP contribution < -0.4 is 0 Å². The number of allylic oxidation sites excluding steroid dienone is 1. The van der Waals surface area contributed by atoms with Gasteiger partial charge in [0.2, 0.25) is 0 Å². The molecule has 0 aliphatic heterocycles. The molecule has 0 saturated heterocycles. The van der Waals surface area contributed by atoms with E-state index in [1.807, 2.05) is 0 Å². The third-order valence-corrected chi connectivity index (χ3v) is 4.29. The molecule has 2 atom stereocenters. The first-order valence-corrected chi connectivity index (χ1v) is 5.35. The molecule has 0 radical (unpaired) electrons. The van der Waals surface area contributed by atoms with E-state index < -0.39 is 0 Å². The highest BCUT2D eigenvalue weighted by Gasteiger charge is 2.46. The molecule has 0 aromatic heterocycles. The predicted octanol–water partition coefficient (Wildman–Crippen LogP) is 2.75. The van der Waals surface area contributed by atoms with Gasteiger partial charge in [0.1, 0.15) is 0 Å². The van der Waals surface area contributed by atoms with E-state index in [2.05, 4.69) is 20.4 Å². The number of hydrogen-bond acceptors (Lipinski definition) is 1. The first-order valence-electron chi connectivity index (χ1n) is 5.35. The lowest BCUT2D eigenvalue weighted by molar-refractivity contribution is -0.0364. The van der Waals surface area contributed by atoms with Crippen molar-refractivity contribution >= 4 is 0 Å². The quantitative estimate of drug-likeness (QED) is 0.568. The SMILES string of the molecule is C=C1CC2CC(O)CC(C1)C2(C)C. The molecule has 0 spiro atoms. The van der Waals surface area contributed by atoms with Crippen LogP contribution in [0.4, 0.5) is 0 Å². The van der Waals surface area contributed by atoms with Gasteiger partial charge in [0.15, 0.2) is 0 Å². The summed E-state index contributed by atoms with van der Waals surface area (Å²) in [6.07, 6.45) is 4.21. The lowest BCUT2D eigenvalue weighted by Crippen LogP contribution is -2.44. The Morgan fingerprint density at radius 2 is 1.69 bits per heavy atom. The Morgan fingerprint density at radius 1 is 1.23 bits per heavy atom.